The summed E-state index contributed by atoms with van der Waals surface area (Å²) in [7, 11) is 0. The van der Waals surface area contributed by atoms with Crippen LogP contribution in [-0.2, 0) is 20.7 Å². The Morgan fingerprint density at radius 2 is 1.83 bits per heavy atom. The first-order chi connectivity index (χ1) is 10.7. The number of carboxylic acid groups (broad SMARTS) is 2. The zero-order valence-corrected chi connectivity index (χ0v) is 13.9. The Bertz CT molecular complexity index is 459. The summed E-state index contributed by atoms with van der Waals surface area (Å²) in [6.07, 6.45) is 7.91. The summed E-state index contributed by atoms with van der Waals surface area (Å²) in [5, 5.41) is 15.6. The van der Waals surface area contributed by atoms with Crippen LogP contribution in [0.15, 0.2) is 24.7 Å². The van der Waals surface area contributed by atoms with Crippen molar-refractivity contribution >= 4 is 11.9 Å². The van der Waals surface area contributed by atoms with Gasteiger partial charge in [-0.3, -0.25) is 0 Å². The van der Waals surface area contributed by atoms with Crippen molar-refractivity contribution in [2.75, 3.05) is 13.2 Å². The zero-order valence-electron chi connectivity index (χ0n) is 13.9. The second kappa shape index (κ2) is 11.4. The minimum Gasteiger partial charge on any atom is -0.478 e. The number of aromatic amines is 1. The number of carboxylic acids is 2. The first-order valence-corrected chi connectivity index (χ1v) is 7.39. The molecule has 0 radical (unpaired) electrons. The van der Waals surface area contributed by atoms with Gasteiger partial charge in [-0.2, -0.15) is 0 Å². The zero-order chi connectivity index (χ0) is 17.7. The molecule has 0 amide bonds. The highest BCUT2D eigenvalue weighted by atomic mass is 16.5. The van der Waals surface area contributed by atoms with Gasteiger partial charge in [0.25, 0.3) is 0 Å². The van der Waals surface area contributed by atoms with E-state index in [1.165, 1.54) is 5.69 Å². The van der Waals surface area contributed by atoms with Crippen molar-refractivity contribution in [1.82, 2.24) is 9.97 Å². The summed E-state index contributed by atoms with van der Waals surface area (Å²) < 4.78 is 5.57. The third-order valence-corrected chi connectivity index (χ3v) is 2.65. The normalized spacial score (nSPS) is 11.1. The van der Waals surface area contributed by atoms with Crippen molar-refractivity contribution in [2.24, 2.45) is 5.41 Å². The highest BCUT2D eigenvalue weighted by molar-refractivity contribution is 5.89. The molecular weight excluding hydrogens is 300 g/mol. The van der Waals surface area contributed by atoms with E-state index in [9.17, 15) is 9.59 Å². The summed E-state index contributed by atoms with van der Waals surface area (Å²) in [6, 6.07) is 0. The number of aromatic nitrogens is 2. The van der Waals surface area contributed by atoms with Gasteiger partial charge in [-0.05, 0) is 24.7 Å². The van der Waals surface area contributed by atoms with E-state index in [1.807, 2.05) is 6.20 Å². The van der Waals surface area contributed by atoms with Crippen LogP contribution >= 0.6 is 0 Å². The molecule has 3 N–H and O–H groups in total. The molecule has 0 unspecified atom stereocenters. The molecule has 0 bridgehead atoms. The Morgan fingerprint density at radius 1 is 1.22 bits per heavy atom. The Morgan fingerprint density at radius 3 is 2.26 bits per heavy atom. The number of nitrogens with zero attached hydrogens (tertiary/aromatic N) is 1. The standard InChI is InChI=1S/C12H22N2O.C4H4O4/c1-12(2,3)6-8-15-7-4-5-11-9-13-10-14-11;5-3(6)1-2-4(7)8/h9-10H,4-8H2,1-3H3,(H,13,14);1-2H,(H,5,6)(H,7,8)/b;2-1-. The number of H-pyrrole nitrogens is 1. The SMILES string of the molecule is CC(C)(C)CCOCCCc1cnc[nH]1.O=C(O)/C=C\C(=O)O. The minimum atomic E-state index is -1.26. The molecule has 0 aliphatic carbocycles. The fraction of sp³-hybridized carbons (Fsp3) is 0.562. The van der Waals surface area contributed by atoms with E-state index in [0.717, 1.165) is 32.5 Å². The van der Waals surface area contributed by atoms with Crippen LogP contribution in [0.4, 0.5) is 0 Å². The Balaban J connectivity index is 0.000000515. The molecule has 1 rings (SSSR count). The highest BCUT2D eigenvalue weighted by Crippen LogP contribution is 2.17. The first kappa shape index (κ1) is 20.9. The van der Waals surface area contributed by atoms with E-state index in [0.29, 0.717) is 17.6 Å². The topological polar surface area (TPSA) is 113 Å². The molecule has 0 aliphatic rings. The van der Waals surface area contributed by atoms with Gasteiger partial charge in [0.2, 0.25) is 0 Å². The predicted octanol–water partition coefficient (Wildman–Crippen LogP) is 2.51. The maximum Gasteiger partial charge on any atom is 0.328 e. The molecule has 0 spiro atoms. The van der Waals surface area contributed by atoms with Crippen molar-refractivity contribution in [1.29, 1.82) is 0 Å². The first-order valence-electron chi connectivity index (χ1n) is 7.39. The van der Waals surface area contributed by atoms with Crippen LogP contribution in [-0.4, -0.2) is 45.3 Å². The highest BCUT2D eigenvalue weighted by Gasteiger charge is 2.08. The van der Waals surface area contributed by atoms with Gasteiger partial charge >= 0.3 is 11.9 Å². The van der Waals surface area contributed by atoms with Gasteiger partial charge in [0, 0.05) is 37.3 Å². The molecule has 1 aromatic rings. The number of nitrogens with one attached hydrogen (secondary N) is 1. The molecule has 7 heteroatoms. The lowest BCUT2D eigenvalue weighted by atomic mass is 9.93. The van der Waals surface area contributed by atoms with Crippen LogP contribution in [0.5, 0.6) is 0 Å². The Labute approximate surface area is 136 Å². The number of carbonyl (C=O) groups is 2. The summed E-state index contributed by atoms with van der Waals surface area (Å²) in [4.78, 5) is 26.2. The third-order valence-electron chi connectivity index (χ3n) is 2.65. The van der Waals surface area contributed by atoms with E-state index in [2.05, 4.69) is 30.7 Å². The number of rotatable bonds is 8. The maximum atomic E-state index is 9.55. The van der Waals surface area contributed by atoms with Crippen LogP contribution < -0.4 is 0 Å². The van der Waals surface area contributed by atoms with Gasteiger partial charge in [-0.25, -0.2) is 14.6 Å². The number of hydrogen-bond acceptors (Lipinski definition) is 4. The quantitative estimate of drug-likeness (QED) is 0.500. The molecule has 0 saturated heterocycles. The molecule has 0 aromatic carbocycles. The van der Waals surface area contributed by atoms with Crippen LogP contribution in [0.1, 0.15) is 39.3 Å². The Hall–Kier alpha value is -2.15. The van der Waals surface area contributed by atoms with Crippen LogP contribution in [0.3, 0.4) is 0 Å². The van der Waals surface area contributed by atoms with Gasteiger partial charge in [0.05, 0.1) is 6.33 Å². The molecule has 0 fully saturated rings. The number of ether oxygens (including phenoxy) is 1. The molecule has 0 saturated carbocycles. The third kappa shape index (κ3) is 16.1. The van der Waals surface area contributed by atoms with Crippen molar-refractivity contribution < 1.29 is 24.5 Å². The van der Waals surface area contributed by atoms with Gasteiger partial charge in [-0.15, -0.1) is 0 Å². The summed E-state index contributed by atoms with van der Waals surface area (Å²) in [6.45, 7) is 8.42. The molecular formula is C16H26N2O5. The summed E-state index contributed by atoms with van der Waals surface area (Å²) in [5.41, 5.74) is 1.57. The fourth-order valence-corrected chi connectivity index (χ4v) is 1.41. The number of aryl methyl sites for hydroxylation is 1. The average Bonchev–Trinajstić information content (AvgIpc) is 2.93. The van der Waals surface area contributed by atoms with Crippen molar-refractivity contribution in [3.05, 3.63) is 30.4 Å². The van der Waals surface area contributed by atoms with Crippen molar-refractivity contribution in [2.45, 2.75) is 40.0 Å². The smallest absolute Gasteiger partial charge is 0.328 e. The summed E-state index contributed by atoms with van der Waals surface area (Å²) >= 11 is 0. The predicted molar refractivity (Wildman–Crippen MR) is 86.2 cm³/mol. The largest absolute Gasteiger partial charge is 0.478 e. The molecule has 0 aliphatic heterocycles. The van der Waals surface area contributed by atoms with Crippen molar-refractivity contribution in [3.8, 4) is 0 Å². The lowest BCUT2D eigenvalue weighted by molar-refractivity contribution is -0.134. The number of imidazole rings is 1. The lowest BCUT2D eigenvalue weighted by Gasteiger charge is -2.17. The van der Waals surface area contributed by atoms with E-state index in [1.54, 1.807) is 6.33 Å². The summed E-state index contributed by atoms with van der Waals surface area (Å²) in [5.74, 6) is -2.51. The monoisotopic (exact) mass is 326 g/mol. The van der Waals surface area contributed by atoms with Gasteiger partial charge in [-0.1, -0.05) is 20.8 Å². The van der Waals surface area contributed by atoms with E-state index < -0.39 is 11.9 Å². The van der Waals surface area contributed by atoms with Gasteiger partial charge in [0.15, 0.2) is 0 Å². The van der Waals surface area contributed by atoms with E-state index in [4.69, 9.17) is 14.9 Å². The van der Waals surface area contributed by atoms with Gasteiger partial charge in [0.1, 0.15) is 0 Å². The molecule has 130 valence electrons. The molecule has 1 heterocycles. The second-order valence-corrected chi connectivity index (χ2v) is 6.11. The minimum absolute atomic E-state index is 0.378. The molecule has 1 aromatic heterocycles. The second-order valence-electron chi connectivity index (χ2n) is 6.11. The van der Waals surface area contributed by atoms with E-state index in [-0.39, 0.29) is 0 Å². The average molecular weight is 326 g/mol. The molecule has 0 atom stereocenters. The lowest BCUT2D eigenvalue weighted by Crippen LogP contribution is -2.10. The molecule has 23 heavy (non-hydrogen) atoms. The molecule has 7 nitrogen and oxygen atoms in total. The Kier molecular flexibility index (Phi) is 10.4. The number of hydrogen-bond donors (Lipinski definition) is 3. The maximum absolute atomic E-state index is 9.55. The van der Waals surface area contributed by atoms with E-state index >= 15 is 0 Å². The van der Waals surface area contributed by atoms with Crippen LogP contribution in [0, 0.1) is 5.41 Å². The fourth-order valence-electron chi connectivity index (χ4n) is 1.41. The van der Waals surface area contributed by atoms with Crippen molar-refractivity contribution in [3.63, 3.8) is 0 Å². The van der Waals surface area contributed by atoms with Crippen LogP contribution in [0.2, 0.25) is 0 Å². The van der Waals surface area contributed by atoms with Gasteiger partial charge < -0.3 is 19.9 Å². The number of aliphatic carboxylic acids is 2. The van der Waals surface area contributed by atoms with Crippen LogP contribution in [0.25, 0.3) is 0 Å².